The number of carbonyl (C=O) groups excluding carboxylic acids is 1. The summed E-state index contributed by atoms with van der Waals surface area (Å²) in [5.74, 6) is 0.294. The third-order valence-electron chi connectivity index (χ3n) is 6.64. The fourth-order valence-electron chi connectivity index (χ4n) is 4.68. The smallest absolute Gasteiger partial charge is 0.233 e. The molecular weight excluding hydrogens is 494 g/mol. The van der Waals surface area contributed by atoms with Gasteiger partial charge in [0.25, 0.3) is 0 Å². The van der Waals surface area contributed by atoms with E-state index in [0.29, 0.717) is 62.7 Å². The maximum Gasteiger partial charge on any atom is 0.233 e. The van der Waals surface area contributed by atoms with Crippen molar-refractivity contribution in [3.05, 3.63) is 65.9 Å². The third-order valence-corrected chi connectivity index (χ3v) is 8.60. The van der Waals surface area contributed by atoms with Crippen LogP contribution in [0.4, 0.5) is 0 Å². The van der Waals surface area contributed by atoms with Gasteiger partial charge in [0, 0.05) is 43.0 Å². The first-order valence-corrected chi connectivity index (χ1v) is 14.1. The monoisotopic (exact) mass is 527 g/mol. The third kappa shape index (κ3) is 7.29. The number of hydrogen-bond donors (Lipinski definition) is 1. The number of sulfonamides is 1. The molecular formula is C26H33N5O5S. The van der Waals surface area contributed by atoms with Crippen LogP contribution in [0.3, 0.4) is 0 Å². The molecule has 0 unspecified atom stereocenters. The zero-order valence-corrected chi connectivity index (χ0v) is 21.8. The molecule has 1 atom stereocenters. The summed E-state index contributed by atoms with van der Waals surface area (Å²) in [6.07, 6.45) is 6.01. The molecule has 0 spiro atoms. The summed E-state index contributed by atoms with van der Waals surface area (Å²) in [5.41, 5.74) is 2.93. The topological polar surface area (TPSA) is 126 Å². The SMILES string of the molecule is Cc1cc(COC2CCN(S(=O)(=O)C[C@H](CCCc3ncccn3)N(O)C=O)CC2)c2ccccc2n1. The fourth-order valence-corrected chi connectivity index (χ4v) is 6.46. The second-order valence-corrected chi connectivity index (χ2v) is 11.3. The zero-order valence-electron chi connectivity index (χ0n) is 20.9. The zero-order chi connectivity index (χ0) is 26.3. The van der Waals surface area contributed by atoms with Crippen molar-refractivity contribution in [1.82, 2.24) is 24.3 Å². The van der Waals surface area contributed by atoms with Crippen LogP contribution in [0.5, 0.6) is 0 Å². The molecule has 4 rings (SSSR count). The summed E-state index contributed by atoms with van der Waals surface area (Å²) in [7, 11) is -3.68. The van der Waals surface area contributed by atoms with E-state index in [1.807, 2.05) is 37.3 Å². The number of aryl methyl sites for hydroxylation is 2. The van der Waals surface area contributed by atoms with E-state index in [0.717, 1.165) is 22.2 Å². The Morgan fingerprint density at radius 3 is 2.65 bits per heavy atom. The van der Waals surface area contributed by atoms with Crippen LogP contribution in [0.1, 0.15) is 42.8 Å². The molecule has 0 radical (unpaired) electrons. The van der Waals surface area contributed by atoms with Crippen molar-refractivity contribution in [2.24, 2.45) is 0 Å². The van der Waals surface area contributed by atoms with Gasteiger partial charge in [0.2, 0.25) is 16.4 Å². The van der Waals surface area contributed by atoms with E-state index in [-0.39, 0.29) is 18.3 Å². The normalized spacial score (nSPS) is 16.1. The molecule has 11 heteroatoms. The largest absolute Gasteiger partial charge is 0.373 e. The van der Waals surface area contributed by atoms with Crippen molar-refractivity contribution in [2.45, 2.75) is 57.8 Å². The number of ether oxygens (including phenoxy) is 1. The highest BCUT2D eigenvalue weighted by Gasteiger charge is 2.32. The summed E-state index contributed by atoms with van der Waals surface area (Å²) in [6, 6.07) is 10.9. The number of pyridine rings is 1. The van der Waals surface area contributed by atoms with Crippen molar-refractivity contribution in [1.29, 1.82) is 0 Å². The minimum absolute atomic E-state index is 0.0512. The van der Waals surface area contributed by atoms with Crippen molar-refractivity contribution in [3.63, 3.8) is 0 Å². The van der Waals surface area contributed by atoms with Crippen LogP contribution in [0, 0.1) is 6.92 Å². The molecule has 1 aliphatic rings. The Hall–Kier alpha value is -2.99. The van der Waals surface area contributed by atoms with Gasteiger partial charge in [-0.25, -0.2) is 27.8 Å². The number of fused-ring (bicyclic) bond motifs is 1. The Kier molecular flexibility index (Phi) is 9.14. The summed E-state index contributed by atoms with van der Waals surface area (Å²) >= 11 is 0. The molecule has 2 aromatic heterocycles. The molecule has 1 saturated heterocycles. The van der Waals surface area contributed by atoms with Crippen LogP contribution in [0.2, 0.25) is 0 Å². The number of rotatable bonds is 12. The summed E-state index contributed by atoms with van der Waals surface area (Å²) in [6.45, 7) is 3.06. The maximum absolute atomic E-state index is 13.1. The second-order valence-electron chi connectivity index (χ2n) is 9.32. The first kappa shape index (κ1) is 27.1. The van der Waals surface area contributed by atoms with Gasteiger partial charge < -0.3 is 4.74 Å². The second kappa shape index (κ2) is 12.5. The lowest BCUT2D eigenvalue weighted by Gasteiger charge is -2.33. The fraction of sp³-hybridized carbons (Fsp3) is 0.462. The Labute approximate surface area is 217 Å². The van der Waals surface area contributed by atoms with Crippen LogP contribution in [-0.4, -0.2) is 75.3 Å². The number of hydrogen-bond acceptors (Lipinski definition) is 8. The molecule has 3 aromatic rings. The average Bonchev–Trinajstić information content (AvgIpc) is 2.91. The van der Waals surface area contributed by atoms with E-state index in [9.17, 15) is 18.4 Å². The van der Waals surface area contributed by atoms with Crippen LogP contribution in [0.15, 0.2) is 48.8 Å². The Morgan fingerprint density at radius 2 is 1.92 bits per heavy atom. The number of benzene rings is 1. The number of aromatic nitrogens is 3. The van der Waals surface area contributed by atoms with Gasteiger partial charge in [0.05, 0.1) is 30.0 Å². The van der Waals surface area contributed by atoms with Gasteiger partial charge >= 0.3 is 0 Å². The highest BCUT2D eigenvalue weighted by molar-refractivity contribution is 7.89. The average molecular weight is 528 g/mol. The molecule has 1 fully saturated rings. The van der Waals surface area contributed by atoms with Gasteiger partial charge in [0.1, 0.15) is 5.82 Å². The van der Waals surface area contributed by atoms with Crippen molar-refractivity contribution in [3.8, 4) is 0 Å². The molecule has 0 saturated carbocycles. The standard InChI is InChI=1S/C26H33N5O5S/c1-20-16-21(24-7-2-3-8-25(24)29-20)17-36-23-10-14-30(15-11-23)37(34,35)18-22(31(33)19-32)6-4-9-26-27-12-5-13-28-26/h2-3,5,7-8,12-13,16,19,22-23,33H,4,6,9-11,14-15,17-18H2,1H3/t22-/m0/s1. The predicted octanol–water partition coefficient (Wildman–Crippen LogP) is 2.88. The molecule has 37 heavy (non-hydrogen) atoms. The van der Waals surface area contributed by atoms with Crippen molar-refractivity contribution < 1.29 is 23.2 Å². The molecule has 1 N–H and O–H groups in total. The molecule has 198 valence electrons. The Morgan fingerprint density at radius 1 is 1.19 bits per heavy atom. The quantitative estimate of drug-likeness (QED) is 0.217. The van der Waals surface area contributed by atoms with Crippen LogP contribution < -0.4 is 0 Å². The van der Waals surface area contributed by atoms with Crippen molar-refractivity contribution in [2.75, 3.05) is 18.8 Å². The number of carbonyl (C=O) groups is 1. The summed E-state index contributed by atoms with van der Waals surface area (Å²) in [4.78, 5) is 24.1. The number of para-hydroxylation sites is 1. The van der Waals surface area contributed by atoms with E-state index < -0.39 is 16.1 Å². The molecule has 0 bridgehead atoms. The molecule has 0 aliphatic carbocycles. The van der Waals surface area contributed by atoms with E-state index in [2.05, 4.69) is 15.0 Å². The predicted molar refractivity (Wildman–Crippen MR) is 138 cm³/mol. The van der Waals surface area contributed by atoms with E-state index in [1.165, 1.54) is 4.31 Å². The molecule has 1 amide bonds. The lowest BCUT2D eigenvalue weighted by Crippen LogP contribution is -2.46. The van der Waals surface area contributed by atoms with Gasteiger partial charge in [-0.15, -0.1) is 0 Å². The van der Waals surface area contributed by atoms with E-state index in [1.54, 1.807) is 18.5 Å². The van der Waals surface area contributed by atoms with Gasteiger partial charge in [-0.2, -0.15) is 0 Å². The number of hydroxylamine groups is 2. The summed E-state index contributed by atoms with van der Waals surface area (Å²) < 4.78 is 33.8. The van der Waals surface area contributed by atoms with Gasteiger partial charge in [0.15, 0.2) is 0 Å². The number of piperidine rings is 1. The van der Waals surface area contributed by atoms with Gasteiger partial charge in [-0.05, 0) is 56.4 Å². The number of amides is 1. The first-order valence-electron chi connectivity index (χ1n) is 12.5. The van der Waals surface area contributed by atoms with E-state index in [4.69, 9.17) is 4.74 Å². The molecule has 10 nitrogen and oxygen atoms in total. The lowest BCUT2D eigenvalue weighted by molar-refractivity contribution is -0.158. The highest BCUT2D eigenvalue weighted by atomic mass is 32.2. The number of nitrogens with zero attached hydrogens (tertiary/aromatic N) is 5. The first-order chi connectivity index (χ1) is 17.9. The maximum atomic E-state index is 13.1. The van der Waals surface area contributed by atoms with Crippen LogP contribution in [0.25, 0.3) is 10.9 Å². The van der Waals surface area contributed by atoms with Gasteiger partial charge in [-0.1, -0.05) is 18.2 Å². The highest BCUT2D eigenvalue weighted by Crippen LogP contribution is 2.23. The van der Waals surface area contributed by atoms with E-state index >= 15 is 0 Å². The molecule has 1 aromatic carbocycles. The van der Waals surface area contributed by atoms with Crippen LogP contribution in [-0.2, 0) is 32.6 Å². The lowest BCUT2D eigenvalue weighted by atomic mass is 10.1. The summed E-state index contributed by atoms with van der Waals surface area (Å²) in [5, 5.41) is 11.5. The minimum atomic E-state index is -3.68. The minimum Gasteiger partial charge on any atom is -0.373 e. The Bertz CT molecular complexity index is 1280. The Balaban J connectivity index is 1.29. The van der Waals surface area contributed by atoms with Crippen molar-refractivity contribution >= 4 is 27.3 Å². The molecule has 3 heterocycles. The molecule has 1 aliphatic heterocycles. The van der Waals surface area contributed by atoms with Gasteiger partial charge in [-0.3, -0.25) is 15.0 Å². The van der Waals surface area contributed by atoms with Crippen LogP contribution >= 0.6 is 0 Å².